The highest BCUT2D eigenvalue weighted by Gasteiger charge is 2.21. The molecular weight excluding hydrogens is 158 g/mol. The van der Waals surface area contributed by atoms with Crippen molar-refractivity contribution in [1.29, 1.82) is 0 Å². The highest BCUT2D eigenvalue weighted by atomic mass is 14.9. The Balaban J connectivity index is 2.49. The Kier molecular flexibility index (Phi) is 2.03. The van der Waals surface area contributed by atoms with E-state index in [2.05, 4.69) is 44.3 Å². The summed E-state index contributed by atoms with van der Waals surface area (Å²) in [5.41, 5.74) is 4.22. The molecule has 0 aliphatic carbocycles. The van der Waals surface area contributed by atoms with E-state index in [4.69, 9.17) is 0 Å². The fourth-order valence-electron chi connectivity index (χ4n) is 2.26. The van der Waals surface area contributed by atoms with Crippen LogP contribution >= 0.6 is 0 Å². The van der Waals surface area contributed by atoms with Gasteiger partial charge in [-0.15, -0.1) is 0 Å². The van der Waals surface area contributed by atoms with Gasteiger partial charge in [0.2, 0.25) is 0 Å². The number of rotatable bonds is 0. The molecule has 0 radical (unpaired) electrons. The summed E-state index contributed by atoms with van der Waals surface area (Å²) in [6.07, 6.45) is 1.25. The van der Waals surface area contributed by atoms with E-state index in [0.717, 1.165) is 0 Å². The molecule has 0 spiro atoms. The molecule has 1 aromatic carbocycles. The van der Waals surface area contributed by atoms with Crippen LogP contribution < -0.4 is 5.32 Å². The van der Waals surface area contributed by atoms with Crippen LogP contribution in [0.4, 0.5) is 5.69 Å². The van der Waals surface area contributed by atoms with Crippen molar-refractivity contribution >= 4 is 5.69 Å². The number of hydrogen-bond donors (Lipinski definition) is 1. The first-order valence-electron chi connectivity index (χ1n) is 5.04. The van der Waals surface area contributed by atoms with Gasteiger partial charge in [0.1, 0.15) is 0 Å². The van der Waals surface area contributed by atoms with E-state index in [9.17, 15) is 0 Å². The number of nitrogens with one attached hydrogen (secondary N) is 1. The molecule has 1 heteroatoms. The molecule has 2 rings (SSSR count). The second-order valence-corrected chi connectivity index (χ2v) is 4.22. The molecule has 1 N–H and O–H groups in total. The number of anilines is 1. The van der Waals surface area contributed by atoms with Crippen molar-refractivity contribution < 1.29 is 0 Å². The minimum atomic E-state index is 0.614. The van der Waals surface area contributed by atoms with E-state index in [1.54, 1.807) is 0 Å². The van der Waals surface area contributed by atoms with Gasteiger partial charge in [0.25, 0.3) is 0 Å². The van der Waals surface area contributed by atoms with Crippen LogP contribution in [-0.2, 0) is 0 Å². The van der Waals surface area contributed by atoms with Crippen molar-refractivity contribution in [2.75, 3.05) is 5.32 Å². The lowest BCUT2D eigenvalue weighted by molar-refractivity contribution is 0.589. The average molecular weight is 175 g/mol. The number of hydrogen-bond acceptors (Lipinski definition) is 1. The molecule has 1 aliphatic heterocycles. The van der Waals surface area contributed by atoms with Gasteiger partial charge in [-0.1, -0.05) is 25.1 Å². The maximum absolute atomic E-state index is 3.56. The minimum Gasteiger partial charge on any atom is -0.382 e. The fraction of sp³-hybridized carbons (Fsp3) is 0.500. The highest BCUT2D eigenvalue weighted by Crippen LogP contribution is 2.35. The summed E-state index contributed by atoms with van der Waals surface area (Å²) in [5.74, 6) is 0.700. The van der Waals surface area contributed by atoms with Crippen LogP contribution in [0.15, 0.2) is 18.2 Å². The van der Waals surface area contributed by atoms with Gasteiger partial charge in [-0.25, -0.2) is 0 Å². The lowest BCUT2D eigenvalue weighted by Gasteiger charge is -2.30. The lowest BCUT2D eigenvalue weighted by atomic mass is 9.87. The van der Waals surface area contributed by atoms with Gasteiger partial charge in [0, 0.05) is 11.7 Å². The zero-order chi connectivity index (χ0) is 9.42. The van der Waals surface area contributed by atoms with Crippen LogP contribution in [0.2, 0.25) is 0 Å². The summed E-state index contributed by atoms with van der Waals surface area (Å²) < 4.78 is 0. The molecule has 1 heterocycles. The molecule has 0 fully saturated rings. The summed E-state index contributed by atoms with van der Waals surface area (Å²) in [4.78, 5) is 0. The monoisotopic (exact) mass is 175 g/mol. The van der Waals surface area contributed by atoms with Crippen molar-refractivity contribution in [1.82, 2.24) is 0 Å². The Bertz CT molecular complexity index is 317. The second kappa shape index (κ2) is 3.06. The molecule has 0 saturated heterocycles. The maximum Gasteiger partial charge on any atom is 0.0407 e. The Morgan fingerprint density at radius 1 is 1.31 bits per heavy atom. The third-order valence-corrected chi connectivity index (χ3v) is 2.93. The Morgan fingerprint density at radius 2 is 2.08 bits per heavy atom. The van der Waals surface area contributed by atoms with Crippen LogP contribution in [0.1, 0.15) is 37.3 Å². The maximum atomic E-state index is 3.56. The zero-order valence-electron chi connectivity index (χ0n) is 8.59. The number of para-hydroxylation sites is 1. The molecule has 1 aromatic rings. The van der Waals surface area contributed by atoms with Crippen molar-refractivity contribution in [2.24, 2.45) is 0 Å². The summed E-state index contributed by atoms with van der Waals surface area (Å²) in [6.45, 7) is 6.75. The zero-order valence-corrected chi connectivity index (χ0v) is 8.59. The van der Waals surface area contributed by atoms with Gasteiger partial charge in [-0.05, 0) is 37.3 Å². The number of fused-ring (bicyclic) bond motifs is 1. The van der Waals surface area contributed by atoms with Gasteiger partial charge >= 0.3 is 0 Å². The largest absolute Gasteiger partial charge is 0.382 e. The molecule has 0 aromatic heterocycles. The lowest BCUT2D eigenvalue weighted by Crippen LogP contribution is -2.24. The van der Waals surface area contributed by atoms with E-state index < -0.39 is 0 Å². The molecular formula is C12H17N. The van der Waals surface area contributed by atoms with E-state index in [1.807, 2.05) is 0 Å². The predicted octanol–water partition coefficient (Wildman–Crippen LogP) is 3.30. The van der Waals surface area contributed by atoms with E-state index in [-0.39, 0.29) is 0 Å². The predicted molar refractivity (Wildman–Crippen MR) is 57.3 cm³/mol. The molecule has 70 valence electrons. The molecule has 0 unspecified atom stereocenters. The number of benzene rings is 1. The van der Waals surface area contributed by atoms with Crippen LogP contribution in [0.25, 0.3) is 0 Å². The van der Waals surface area contributed by atoms with Crippen molar-refractivity contribution in [3.63, 3.8) is 0 Å². The van der Waals surface area contributed by atoms with Crippen LogP contribution in [0.3, 0.4) is 0 Å². The highest BCUT2D eigenvalue weighted by molar-refractivity contribution is 5.60. The SMILES string of the molecule is Cc1cccc2c1N[C@@H](C)C[C@H]2C. The number of aryl methyl sites for hydroxylation is 1. The van der Waals surface area contributed by atoms with Crippen molar-refractivity contribution in [3.05, 3.63) is 29.3 Å². The van der Waals surface area contributed by atoms with Gasteiger partial charge in [-0.2, -0.15) is 0 Å². The normalized spacial score (nSPS) is 26.4. The second-order valence-electron chi connectivity index (χ2n) is 4.22. The summed E-state index contributed by atoms with van der Waals surface area (Å²) >= 11 is 0. The first-order chi connectivity index (χ1) is 6.18. The quantitative estimate of drug-likeness (QED) is 0.638. The summed E-state index contributed by atoms with van der Waals surface area (Å²) in [6, 6.07) is 7.19. The molecule has 1 aliphatic rings. The van der Waals surface area contributed by atoms with Crippen molar-refractivity contribution in [3.8, 4) is 0 Å². The van der Waals surface area contributed by atoms with Crippen LogP contribution in [0, 0.1) is 6.92 Å². The third-order valence-electron chi connectivity index (χ3n) is 2.93. The van der Waals surface area contributed by atoms with Crippen LogP contribution in [0.5, 0.6) is 0 Å². The summed E-state index contributed by atoms with van der Waals surface area (Å²) in [7, 11) is 0. The van der Waals surface area contributed by atoms with E-state index in [1.165, 1.54) is 23.2 Å². The molecule has 2 atom stereocenters. The Hall–Kier alpha value is -0.980. The molecule has 0 amide bonds. The van der Waals surface area contributed by atoms with Crippen molar-refractivity contribution in [2.45, 2.75) is 39.2 Å². The topological polar surface area (TPSA) is 12.0 Å². The first kappa shape index (κ1) is 8.61. The van der Waals surface area contributed by atoms with Gasteiger partial charge in [0.15, 0.2) is 0 Å². The van der Waals surface area contributed by atoms with Gasteiger partial charge in [-0.3, -0.25) is 0 Å². The average Bonchev–Trinajstić information content (AvgIpc) is 2.07. The molecule has 1 nitrogen and oxygen atoms in total. The molecule has 0 saturated carbocycles. The smallest absolute Gasteiger partial charge is 0.0407 e. The third kappa shape index (κ3) is 1.43. The Labute approximate surface area is 80.2 Å². The van der Waals surface area contributed by atoms with Crippen LogP contribution in [-0.4, -0.2) is 6.04 Å². The first-order valence-corrected chi connectivity index (χ1v) is 5.04. The molecule has 13 heavy (non-hydrogen) atoms. The van der Waals surface area contributed by atoms with Gasteiger partial charge < -0.3 is 5.32 Å². The summed E-state index contributed by atoms with van der Waals surface area (Å²) in [5, 5.41) is 3.56. The van der Waals surface area contributed by atoms with E-state index in [0.29, 0.717) is 12.0 Å². The molecule has 0 bridgehead atoms. The Morgan fingerprint density at radius 3 is 2.85 bits per heavy atom. The standard InChI is InChI=1S/C12H17N/c1-8-5-4-6-11-9(2)7-10(3)13-12(8)11/h4-6,9-10,13H,7H2,1-3H3/t9-,10+/m1/s1. The van der Waals surface area contributed by atoms with Gasteiger partial charge in [0.05, 0.1) is 0 Å². The minimum absolute atomic E-state index is 0.614. The fourth-order valence-corrected chi connectivity index (χ4v) is 2.26. The van der Waals surface area contributed by atoms with E-state index >= 15 is 0 Å².